The zero-order valence-electron chi connectivity index (χ0n) is 7.69. The summed E-state index contributed by atoms with van der Waals surface area (Å²) in [6.07, 6.45) is 7.28. The van der Waals surface area contributed by atoms with E-state index in [1.54, 1.807) is 0 Å². The standard InChI is InChI=1S/C10H9NO3/c1-3-4-11-6-8(7-12)5-9(11)10(13)14-2/h1,5-7H,4H2,2H3. The van der Waals surface area contributed by atoms with Crippen LogP contribution in [0.25, 0.3) is 0 Å². The van der Waals surface area contributed by atoms with Crippen molar-refractivity contribution >= 4 is 12.3 Å². The average Bonchev–Trinajstić information content (AvgIpc) is 2.61. The molecule has 0 fully saturated rings. The van der Waals surface area contributed by atoms with Crippen molar-refractivity contribution in [3.63, 3.8) is 0 Å². The summed E-state index contributed by atoms with van der Waals surface area (Å²) in [6.45, 7) is 0.234. The smallest absolute Gasteiger partial charge is 0.354 e. The van der Waals surface area contributed by atoms with Crippen LogP contribution >= 0.6 is 0 Å². The van der Waals surface area contributed by atoms with Gasteiger partial charge in [-0.15, -0.1) is 6.42 Å². The van der Waals surface area contributed by atoms with Crippen molar-refractivity contribution in [2.75, 3.05) is 7.11 Å². The van der Waals surface area contributed by atoms with Gasteiger partial charge in [-0.05, 0) is 6.07 Å². The molecule has 1 rings (SSSR count). The highest BCUT2D eigenvalue weighted by Gasteiger charge is 2.12. The summed E-state index contributed by atoms with van der Waals surface area (Å²) >= 11 is 0. The molecule has 0 atom stereocenters. The van der Waals surface area contributed by atoms with Gasteiger partial charge in [-0.2, -0.15) is 0 Å². The lowest BCUT2D eigenvalue weighted by Gasteiger charge is -2.02. The van der Waals surface area contributed by atoms with Gasteiger partial charge in [0.25, 0.3) is 0 Å². The van der Waals surface area contributed by atoms with Crippen LogP contribution < -0.4 is 0 Å². The highest BCUT2D eigenvalue weighted by Crippen LogP contribution is 2.08. The van der Waals surface area contributed by atoms with Gasteiger partial charge in [0.1, 0.15) is 5.69 Å². The molecular formula is C10H9NO3. The molecule has 4 nitrogen and oxygen atoms in total. The van der Waals surface area contributed by atoms with E-state index in [4.69, 9.17) is 6.42 Å². The molecule has 0 aromatic carbocycles. The fourth-order valence-electron chi connectivity index (χ4n) is 1.10. The summed E-state index contributed by atoms with van der Waals surface area (Å²) in [5.74, 6) is 1.87. The molecule has 1 heterocycles. The number of esters is 1. The van der Waals surface area contributed by atoms with E-state index in [1.165, 1.54) is 23.9 Å². The number of nitrogens with zero attached hydrogens (tertiary/aromatic N) is 1. The molecule has 0 spiro atoms. The van der Waals surface area contributed by atoms with Crippen LogP contribution in [0.15, 0.2) is 12.3 Å². The molecule has 0 unspecified atom stereocenters. The Kier molecular flexibility index (Phi) is 3.08. The topological polar surface area (TPSA) is 48.3 Å². The average molecular weight is 191 g/mol. The summed E-state index contributed by atoms with van der Waals surface area (Å²) in [6, 6.07) is 1.44. The largest absolute Gasteiger partial charge is 0.464 e. The van der Waals surface area contributed by atoms with Crippen LogP contribution in [0.2, 0.25) is 0 Å². The number of methoxy groups -OCH3 is 1. The maximum Gasteiger partial charge on any atom is 0.354 e. The van der Waals surface area contributed by atoms with Crippen LogP contribution in [0, 0.1) is 12.3 Å². The lowest BCUT2D eigenvalue weighted by Crippen LogP contribution is -2.09. The normalized spacial score (nSPS) is 9.14. The molecule has 1 aromatic rings. The van der Waals surface area contributed by atoms with Crippen molar-refractivity contribution in [1.29, 1.82) is 0 Å². The third kappa shape index (κ3) is 1.83. The Balaban J connectivity index is 3.12. The molecule has 0 N–H and O–H groups in total. The van der Waals surface area contributed by atoms with E-state index in [2.05, 4.69) is 10.7 Å². The van der Waals surface area contributed by atoms with Gasteiger partial charge in [0, 0.05) is 11.8 Å². The first-order valence-electron chi connectivity index (χ1n) is 3.90. The number of rotatable bonds is 3. The quantitative estimate of drug-likeness (QED) is 0.402. The van der Waals surface area contributed by atoms with Crippen molar-refractivity contribution in [3.8, 4) is 12.3 Å². The second-order valence-electron chi connectivity index (χ2n) is 2.60. The molecule has 4 heteroatoms. The third-order valence-electron chi connectivity index (χ3n) is 1.71. The zero-order chi connectivity index (χ0) is 10.6. The molecule has 1 aromatic heterocycles. The molecule has 0 amide bonds. The van der Waals surface area contributed by atoms with Gasteiger partial charge in [0.05, 0.1) is 13.7 Å². The second-order valence-corrected chi connectivity index (χ2v) is 2.60. The van der Waals surface area contributed by atoms with E-state index in [9.17, 15) is 9.59 Å². The van der Waals surface area contributed by atoms with Crippen molar-refractivity contribution in [1.82, 2.24) is 4.57 Å². The van der Waals surface area contributed by atoms with Gasteiger partial charge in [-0.25, -0.2) is 4.79 Å². The highest BCUT2D eigenvalue weighted by molar-refractivity contribution is 5.90. The van der Waals surface area contributed by atoms with E-state index in [0.29, 0.717) is 11.8 Å². The van der Waals surface area contributed by atoms with Crippen LogP contribution in [0.4, 0.5) is 0 Å². The lowest BCUT2D eigenvalue weighted by atomic mass is 10.3. The number of ether oxygens (including phenoxy) is 1. The number of hydrogen-bond donors (Lipinski definition) is 0. The molecule has 0 aliphatic heterocycles. The lowest BCUT2D eigenvalue weighted by molar-refractivity contribution is 0.0589. The number of carbonyl (C=O) groups is 2. The molecule has 72 valence electrons. The SMILES string of the molecule is C#CCn1cc(C=O)cc1C(=O)OC. The molecule has 0 radical (unpaired) electrons. The molecule has 0 saturated heterocycles. The number of carbonyl (C=O) groups excluding carboxylic acids is 2. The minimum absolute atomic E-state index is 0.234. The van der Waals surface area contributed by atoms with E-state index < -0.39 is 5.97 Å². The first-order valence-corrected chi connectivity index (χ1v) is 3.90. The summed E-state index contributed by atoms with van der Waals surface area (Å²) in [4.78, 5) is 21.7. The number of hydrogen-bond acceptors (Lipinski definition) is 3. The summed E-state index contributed by atoms with van der Waals surface area (Å²) in [5.41, 5.74) is 0.688. The monoisotopic (exact) mass is 191 g/mol. The Morgan fingerprint density at radius 1 is 1.79 bits per heavy atom. The molecule has 14 heavy (non-hydrogen) atoms. The van der Waals surface area contributed by atoms with Crippen LogP contribution in [0.1, 0.15) is 20.8 Å². The summed E-state index contributed by atoms with van der Waals surface area (Å²) in [7, 11) is 1.27. The Morgan fingerprint density at radius 3 is 3.00 bits per heavy atom. The minimum Gasteiger partial charge on any atom is -0.464 e. The highest BCUT2D eigenvalue weighted by atomic mass is 16.5. The molecule has 0 aliphatic rings. The first kappa shape index (κ1) is 10.1. The van der Waals surface area contributed by atoms with E-state index in [-0.39, 0.29) is 12.2 Å². The third-order valence-corrected chi connectivity index (χ3v) is 1.71. The first-order chi connectivity index (χ1) is 6.72. The van der Waals surface area contributed by atoms with Crippen molar-refractivity contribution < 1.29 is 14.3 Å². The summed E-state index contributed by atoms with van der Waals surface area (Å²) in [5, 5.41) is 0. The predicted molar refractivity (Wildman–Crippen MR) is 50.0 cm³/mol. The van der Waals surface area contributed by atoms with E-state index in [1.807, 2.05) is 0 Å². The van der Waals surface area contributed by atoms with Gasteiger partial charge < -0.3 is 9.30 Å². The number of terminal acetylenes is 1. The number of aldehydes is 1. The van der Waals surface area contributed by atoms with Gasteiger partial charge >= 0.3 is 5.97 Å². The molecule has 0 saturated carbocycles. The van der Waals surface area contributed by atoms with Crippen molar-refractivity contribution in [3.05, 3.63) is 23.5 Å². The molecular weight excluding hydrogens is 182 g/mol. The van der Waals surface area contributed by atoms with Crippen molar-refractivity contribution in [2.45, 2.75) is 6.54 Å². The maximum absolute atomic E-state index is 11.2. The van der Waals surface area contributed by atoms with Crippen LogP contribution in [-0.4, -0.2) is 23.9 Å². The zero-order valence-corrected chi connectivity index (χ0v) is 7.69. The Morgan fingerprint density at radius 2 is 2.50 bits per heavy atom. The Bertz CT molecular complexity index is 398. The fourth-order valence-corrected chi connectivity index (χ4v) is 1.10. The van der Waals surface area contributed by atoms with Crippen molar-refractivity contribution in [2.24, 2.45) is 0 Å². The van der Waals surface area contributed by atoms with Gasteiger partial charge in [0.2, 0.25) is 0 Å². The molecule has 0 bridgehead atoms. The van der Waals surface area contributed by atoms with Crippen LogP contribution in [-0.2, 0) is 11.3 Å². The van der Waals surface area contributed by atoms with Crippen LogP contribution in [0.3, 0.4) is 0 Å². The Hall–Kier alpha value is -2.02. The fraction of sp³-hybridized carbons (Fsp3) is 0.200. The number of aromatic nitrogens is 1. The minimum atomic E-state index is -0.506. The van der Waals surface area contributed by atoms with Crippen LogP contribution in [0.5, 0.6) is 0 Å². The predicted octanol–water partition coefficient (Wildman–Crippen LogP) is 0.720. The Labute approximate surface area is 81.5 Å². The van der Waals surface area contributed by atoms with Gasteiger partial charge in [-0.1, -0.05) is 5.92 Å². The second kappa shape index (κ2) is 4.28. The maximum atomic E-state index is 11.2. The van der Waals surface area contributed by atoms with Gasteiger partial charge in [-0.3, -0.25) is 4.79 Å². The van der Waals surface area contributed by atoms with E-state index in [0.717, 1.165) is 0 Å². The summed E-state index contributed by atoms with van der Waals surface area (Å²) < 4.78 is 6.03. The molecule has 0 aliphatic carbocycles. The van der Waals surface area contributed by atoms with E-state index >= 15 is 0 Å². The van der Waals surface area contributed by atoms with Gasteiger partial charge in [0.15, 0.2) is 6.29 Å².